The fourth-order valence-electron chi connectivity index (χ4n) is 4.93. The van der Waals surface area contributed by atoms with Crippen LogP contribution in [0.3, 0.4) is 0 Å². The fraction of sp³-hybridized carbons (Fsp3) is 0.667. The Morgan fingerprint density at radius 1 is 1.12 bits per heavy atom. The van der Waals surface area contributed by atoms with Gasteiger partial charge in [0.1, 0.15) is 0 Å². The van der Waals surface area contributed by atoms with Crippen molar-refractivity contribution >= 4 is 27.5 Å². The molecule has 2 aliphatic heterocycles. The van der Waals surface area contributed by atoms with Crippen LogP contribution in [-0.4, -0.2) is 49.7 Å². The number of fused-ring (bicyclic) bond motifs is 1. The molecule has 1 aromatic carbocycles. The summed E-state index contributed by atoms with van der Waals surface area (Å²) in [6.45, 7) is 6.73. The van der Waals surface area contributed by atoms with E-state index in [-0.39, 0.29) is 40.6 Å². The maximum Gasteiger partial charge on any atom is 0.243 e. The first-order valence-electron chi connectivity index (χ1n) is 12.0. The number of anilines is 1. The van der Waals surface area contributed by atoms with E-state index in [4.69, 9.17) is 0 Å². The molecule has 2 fully saturated rings. The van der Waals surface area contributed by atoms with Crippen LogP contribution in [0.25, 0.3) is 0 Å². The second-order valence-corrected chi connectivity index (χ2v) is 11.6. The summed E-state index contributed by atoms with van der Waals surface area (Å²) in [4.78, 5) is 27.4. The largest absolute Gasteiger partial charge is 0.353 e. The molecule has 0 aromatic heterocycles. The van der Waals surface area contributed by atoms with Crippen molar-refractivity contribution in [2.24, 2.45) is 11.8 Å². The lowest BCUT2D eigenvalue weighted by atomic mass is 9.84. The first-order chi connectivity index (χ1) is 15.2. The molecule has 2 atom stereocenters. The number of hydrogen-bond donors (Lipinski definition) is 1. The van der Waals surface area contributed by atoms with Crippen LogP contribution in [0.4, 0.5) is 5.69 Å². The highest BCUT2D eigenvalue weighted by Gasteiger charge is 2.38. The monoisotopic (exact) mass is 461 g/mol. The van der Waals surface area contributed by atoms with E-state index in [0.29, 0.717) is 32.4 Å². The Labute approximate surface area is 191 Å². The Morgan fingerprint density at radius 2 is 1.81 bits per heavy atom. The molecule has 1 N–H and O–H groups in total. The molecule has 8 heteroatoms. The van der Waals surface area contributed by atoms with Gasteiger partial charge in [-0.1, -0.05) is 13.3 Å². The number of amides is 2. The van der Waals surface area contributed by atoms with Gasteiger partial charge in [-0.25, -0.2) is 8.42 Å². The topological polar surface area (TPSA) is 86.8 Å². The van der Waals surface area contributed by atoms with E-state index in [9.17, 15) is 18.0 Å². The van der Waals surface area contributed by atoms with Crippen LogP contribution < -0.4 is 10.2 Å². The number of rotatable bonds is 6. The zero-order chi connectivity index (χ0) is 23.0. The molecule has 0 spiro atoms. The number of carbonyl (C=O) groups excluding carboxylic acids is 2. The molecule has 0 radical (unpaired) electrons. The molecule has 1 saturated heterocycles. The van der Waals surface area contributed by atoms with Crippen LogP contribution in [0.5, 0.6) is 0 Å². The van der Waals surface area contributed by atoms with E-state index in [1.54, 1.807) is 18.2 Å². The minimum atomic E-state index is -3.63. The predicted molar refractivity (Wildman–Crippen MR) is 124 cm³/mol. The Hall–Kier alpha value is -1.93. The molecule has 0 bridgehead atoms. The third kappa shape index (κ3) is 4.31. The smallest absolute Gasteiger partial charge is 0.243 e. The summed E-state index contributed by atoms with van der Waals surface area (Å²) < 4.78 is 28.1. The van der Waals surface area contributed by atoms with Gasteiger partial charge in [0, 0.05) is 42.7 Å². The molecule has 1 saturated carbocycles. The van der Waals surface area contributed by atoms with Gasteiger partial charge in [-0.2, -0.15) is 4.31 Å². The van der Waals surface area contributed by atoms with Crippen LogP contribution in [0, 0.1) is 11.8 Å². The SMILES string of the molecule is CC[C@H](C)NC(=O)C1CCN(S(=O)(=O)c2ccc3c(c2)C[C@@H](C)N3C(=O)C2CCC2)CC1. The highest BCUT2D eigenvalue weighted by atomic mass is 32.2. The summed E-state index contributed by atoms with van der Waals surface area (Å²) in [5.41, 5.74) is 1.78. The summed E-state index contributed by atoms with van der Waals surface area (Å²) in [5.74, 6) is 0.183. The van der Waals surface area contributed by atoms with Gasteiger partial charge in [0.15, 0.2) is 0 Å². The van der Waals surface area contributed by atoms with Crippen molar-refractivity contribution in [2.75, 3.05) is 18.0 Å². The molecular weight excluding hydrogens is 426 g/mol. The Balaban J connectivity index is 1.45. The highest BCUT2D eigenvalue weighted by molar-refractivity contribution is 7.89. The van der Waals surface area contributed by atoms with Crippen molar-refractivity contribution in [2.45, 2.75) is 82.7 Å². The number of benzene rings is 1. The molecule has 1 aliphatic carbocycles. The number of hydrogen-bond acceptors (Lipinski definition) is 4. The average Bonchev–Trinajstić information content (AvgIpc) is 3.07. The molecule has 0 unspecified atom stereocenters. The second kappa shape index (κ2) is 9.14. The van der Waals surface area contributed by atoms with Gasteiger partial charge in [0.25, 0.3) is 0 Å². The highest BCUT2D eigenvalue weighted by Crippen LogP contribution is 2.38. The fourth-order valence-corrected chi connectivity index (χ4v) is 6.45. The third-order valence-electron chi connectivity index (χ3n) is 7.42. The van der Waals surface area contributed by atoms with Crippen LogP contribution in [-0.2, 0) is 26.0 Å². The van der Waals surface area contributed by atoms with Gasteiger partial charge in [-0.3, -0.25) is 9.59 Å². The quantitative estimate of drug-likeness (QED) is 0.705. The summed E-state index contributed by atoms with van der Waals surface area (Å²) in [5, 5.41) is 3.01. The van der Waals surface area contributed by atoms with Gasteiger partial charge in [0.2, 0.25) is 21.8 Å². The lowest BCUT2D eigenvalue weighted by Gasteiger charge is -2.32. The first kappa shape index (κ1) is 23.2. The minimum absolute atomic E-state index is 0.0270. The number of sulfonamides is 1. The van der Waals surface area contributed by atoms with E-state index in [0.717, 1.165) is 36.9 Å². The lowest BCUT2D eigenvalue weighted by Crippen LogP contribution is -2.44. The maximum absolute atomic E-state index is 13.3. The number of piperidine rings is 1. The Bertz CT molecular complexity index is 981. The van der Waals surface area contributed by atoms with Crippen LogP contribution in [0.1, 0.15) is 64.9 Å². The second-order valence-electron chi connectivity index (χ2n) is 9.68. The van der Waals surface area contributed by atoms with Crippen molar-refractivity contribution in [1.82, 2.24) is 9.62 Å². The predicted octanol–water partition coefficient (Wildman–Crippen LogP) is 3.08. The van der Waals surface area contributed by atoms with Gasteiger partial charge < -0.3 is 10.2 Å². The normalized spacial score (nSPS) is 23.5. The molecule has 7 nitrogen and oxygen atoms in total. The van der Waals surface area contributed by atoms with Crippen molar-refractivity contribution in [3.05, 3.63) is 23.8 Å². The van der Waals surface area contributed by atoms with Gasteiger partial charge in [-0.05, 0) is 76.1 Å². The minimum Gasteiger partial charge on any atom is -0.353 e. The molecule has 4 rings (SSSR count). The molecule has 3 aliphatic rings. The van der Waals surface area contributed by atoms with Crippen molar-refractivity contribution in [3.8, 4) is 0 Å². The first-order valence-corrected chi connectivity index (χ1v) is 13.4. The molecular formula is C24H35N3O4S. The molecule has 176 valence electrons. The number of carbonyl (C=O) groups is 2. The standard InChI is InChI=1S/C24H35N3O4S/c1-4-16(2)25-23(28)18-10-12-26(13-11-18)32(30,31)21-8-9-22-20(15-21)14-17(3)27(22)24(29)19-6-5-7-19/h8-9,15-19H,4-7,10-14H2,1-3H3,(H,25,28)/t16-,17+/m0/s1. The van der Waals surface area contributed by atoms with Crippen LogP contribution in [0.15, 0.2) is 23.1 Å². The maximum atomic E-state index is 13.3. The zero-order valence-electron chi connectivity index (χ0n) is 19.3. The van der Waals surface area contributed by atoms with Crippen molar-refractivity contribution in [3.63, 3.8) is 0 Å². The number of nitrogens with zero attached hydrogens (tertiary/aromatic N) is 2. The van der Waals surface area contributed by atoms with E-state index in [2.05, 4.69) is 5.32 Å². The van der Waals surface area contributed by atoms with Crippen molar-refractivity contribution in [1.29, 1.82) is 0 Å². The van der Waals surface area contributed by atoms with E-state index < -0.39 is 10.0 Å². The zero-order valence-corrected chi connectivity index (χ0v) is 20.2. The van der Waals surface area contributed by atoms with E-state index in [1.165, 1.54) is 4.31 Å². The summed E-state index contributed by atoms with van der Waals surface area (Å²) >= 11 is 0. The Kier molecular flexibility index (Phi) is 6.63. The van der Waals surface area contributed by atoms with E-state index >= 15 is 0 Å². The van der Waals surface area contributed by atoms with Crippen molar-refractivity contribution < 1.29 is 18.0 Å². The Morgan fingerprint density at radius 3 is 2.41 bits per heavy atom. The molecule has 32 heavy (non-hydrogen) atoms. The van der Waals surface area contributed by atoms with Gasteiger partial charge in [-0.15, -0.1) is 0 Å². The number of nitrogens with one attached hydrogen (secondary N) is 1. The van der Waals surface area contributed by atoms with E-state index in [1.807, 2.05) is 25.7 Å². The van der Waals surface area contributed by atoms with Crippen LogP contribution in [0.2, 0.25) is 0 Å². The third-order valence-corrected chi connectivity index (χ3v) is 9.32. The molecule has 1 aromatic rings. The van der Waals surface area contributed by atoms with Crippen LogP contribution >= 0.6 is 0 Å². The molecule has 2 heterocycles. The van der Waals surface area contributed by atoms with Gasteiger partial charge in [0.05, 0.1) is 4.90 Å². The summed E-state index contributed by atoms with van der Waals surface area (Å²) in [6, 6.07) is 5.37. The summed E-state index contributed by atoms with van der Waals surface area (Å²) in [6.07, 6.45) is 5.64. The molecule has 2 amide bonds. The lowest BCUT2D eigenvalue weighted by molar-refractivity contribution is -0.127. The summed E-state index contributed by atoms with van der Waals surface area (Å²) in [7, 11) is -3.63. The average molecular weight is 462 g/mol. The van der Waals surface area contributed by atoms with Gasteiger partial charge >= 0.3 is 0 Å².